The molecule has 0 saturated heterocycles. The lowest BCUT2D eigenvalue weighted by molar-refractivity contribution is -0.125. The number of hydrogen-bond acceptors (Lipinski definition) is 3. The first kappa shape index (κ1) is 12.0. The van der Waals surface area contributed by atoms with E-state index in [-0.39, 0.29) is 24.1 Å². The zero-order valence-electron chi connectivity index (χ0n) is 10.1. The van der Waals surface area contributed by atoms with Crippen LogP contribution in [0.25, 0.3) is 0 Å². The molecule has 3 heteroatoms. The molecule has 17 heavy (non-hydrogen) atoms. The first-order valence-corrected chi connectivity index (χ1v) is 5.80. The van der Waals surface area contributed by atoms with Crippen LogP contribution in [0.4, 0.5) is 0 Å². The van der Waals surface area contributed by atoms with E-state index in [0.717, 1.165) is 5.56 Å². The topological polar surface area (TPSA) is 43.4 Å². The number of hydrogen-bond donors (Lipinski definition) is 0. The van der Waals surface area contributed by atoms with Gasteiger partial charge in [0, 0.05) is 12.7 Å². The van der Waals surface area contributed by atoms with Crippen LogP contribution >= 0.6 is 0 Å². The number of benzene rings is 1. The summed E-state index contributed by atoms with van der Waals surface area (Å²) in [5, 5.41) is 0. The molecule has 0 N–H and O–H groups in total. The summed E-state index contributed by atoms with van der Waals surface area (Å²) in [7, 11) is 1.47. The van der Waals surface area contributed by atoms with Gasteiger partial charge in [0.25, 0.3) is 0 Å². The molecule has 0 bridgehead atoms. The number of ketones is 2. The smallest absolute Gasteiger partial charge is 0.173 e. The predicted octanol–water partition coefficient (Wildman–Crippen LogP) is 2.21. The van der Waals surface area contributed by atoms with E-state index in [0.29, 0.717) is 12.0 Å². The largest absolute Gasteiger partial charge is 0.377 e. The minimum Gasteiger partial charge on any atom is -0.377 e. The standard InChI is InChI=1S/C14H16O3/c1-9-7-12(13(15)8-17-2)14(16)11-6-4-3-5-10(9)11/h3-6,9,12H,7-8H2,1-2H3. The third kappa shape index (κ3) is 2.15. The summed E-state index contributed by atoms with van der Waals surface area (Å²) >= 11 is 0. The van der Waals surface area contributed by atoms with Gasteiger partial charge in [0.15, 0.2) is 11.6 Å². The summed E-state index contributed by atoms with van der Waals surface area (Å²) in [5.74, 6) is -0.450. The molecule has 0 saturated carbocycles. The van der Waals surface area contributed by atoms with Crippen LogP contribution in [0.3, 0.4) is 0 Å². The van der Waals surface area contributed by atoms with Crippen LogP contribution < -0.4 is 0 Å². The first-order chi connectivity index (χ1) is 8.15. The molecule has 0 fully saturated rings. The average molecular weight is 232 g/mol. The van der Waals surface area contributed by atoms with Crippen LogP contribution in [0.5, 0.6) is 0 Å². The highest BCUT2D eigenvalue weighted by molar-refractivity contribution is 6.12. The van der Waals surface area contributed by atoms with E-state index in [1.165, 1.54) is 7.11 Å². The molecule has 0 amide bonds. The monoisotopic (exact) mass is 232 g/mol. The zero-order valence-corrected chi connectivity index (χ0v) is 10.1. The molecule has 3 nitrogen and oxygen atoms in total. The SMILES string of the molecule is COCC(=O)C1CC(C)c2ccccc2C1=O. The highest BCUT2D eigenvalue weighted by Crippen LogP contribution is 2.34. The number of carbonyl (C=O) groups is 2. The Balaban J connectivity index is 2.33. The van der Waals surface area contributed by atoms with Gasteiger partial charge in [-0.3, -0.25) is 9.59 Å². The van der Waals surface area contributed by atoms with Gasteiger partial charge in [-0.25, -0.2) is 0 Å². The molecule has 90 valence electrons. The Morgan fingerprint density at radius 3 is 2.82 bits per heavy atom. The highest BCUT2D eigenvalue weighted by Gasteiger charge is 2.35. The lowest BCUT2D eigenvalue weighted by Gasteiger charge is -2.27. The van der Waals surface area contributed by atoms with Crippen LogP contribution in [0, 0.1) is 5.92 Å². The van der Waals surface area contributed by atoms with Crippen molar-refractivity contribution >= 4 is 11.6 Å². The summed E-state index contributed by atoms with van der Waals surface area (Å²) in [6, 6.07) is 7.54. The average Bonchev–Trinajstić information content (AvgIpc) is 2.34. The summed E-state index contributed by atoms with van der Waals surface area (Å²) in [4.78, 5) is 24.0. The molecule has 0 spiro atoms. The lowest BCUT2D eigenvalue weighted by atomic mass is 9.75. The molecular weight excluding hydrogens is 216 g/mol. The maximum absolute atomic E-state index is 12.2. The molecule has 0 aliphatic heterocycles. The Labute approximate surface area is 101 Å². The summed E-state index contributed by atoms with van der Waals surface area (Å²) in [6.07, 6.45) is 0.595. The Morgan fingerprint density at radius 1 is 1.41 bits per heavy atom. The van der Waals surface area contributed by atoms with Gasteiger partial charge in [-0.15, -0.1) is 0 Å². The summed E-state index contributed by atoms with van der Waals surface area (Å²) < 4.78 is 4.83. The number of ether oxygens (including phenoxy) is 1. The molecular formula is C14H16O3. The molecule has 2 rings (SSSR count). The van der Waals surface area contributed by atoms with Crippen molar-refractivity contribution in [2.75, 3.05) is 13.7 Å². The molecule has 0 aromatic heterocycles. The predicted molar refractivity (Wildman–Crippen MR) is 64.2 cm³/mol. The van der Waals surface area contributed by atoms with E-state index < -0.39 is 5.92 Å². The highest BCUT2D eigenvalue weighted by atomic mass is 16.5. The van der Waals surface area contributed by atoms with E-state index in [2.05, 4.69) is 6.92 Å². The molecule has 1 aliphatic carbocycles. The Hall–Kier alpha value is -1.48. The molecule has 2 unspecified atom stereocenters. The number of Topliss-reactive ketones (excluding diaryl/α,β-unsaturated/α-hetero) is 2. The molecule has 1 aromatic rings. The number of carbonyl (C=O) groups excluding carboxylic acids is 2. The fraction of sp³-hybridized carbons (Fsp3) is 0.429. The second kappa shape index (κ2) is 4.80. The maximum atomic E-state index is 12.2. The van der Waals surface area contributed by atoms with Crippen molar-refractivity contribution in [2.24, 2.45) is 5.92 Å². The number of rotatable bonds is 3. The fourth-order valence-corrected chi connectivity index (χ4v) is 2.45. The van der Waals surface area contributed by atoms with E-state index in [1.807, 2.05) is 18.2 Å². The number of fused-ring (bicyclic) bond motifs is 1. The van der Waals surface area contributed by atoms with Crippen LogP contribution in [0.1, 0.15) is 35.2 Å². The minimum absolute atomic E-state index is 0.0191. The van der Waals surface area contributed by atoms with Crippen molar-refractivity contribution in [3.05, 3.63) is 35.4 Å². The molecule has 2 atom stereocenters. The van der Waals surface area contributed by atoms with Crippen molar-refractivity contribution in [1.29, 1.82) is 0 Å². The van der Waals surface area contributed by atoms with Crippen molar-refractivity contribution in [2.45, 2.75) is 19.3 Å². The van der Waals surface area contributed by atoms with Crippen LogP contribution in [0.2, 0.25) is 0 Å². The van der Waals surface area contributed by atoms with Gasteiger partial charge in [0.2, 0.25) is 0 Å². The van der Waals surface area contributed by atoms with Gasteiger partial charge in [0.05, 0.1) is 5.92 Å². The quantitative estimate of drug-likeness (QED) is 0.750. The molecule has 1 aromatic carbocycles. The summed E-state index contributed by atoms with van der Waals surface area (Å²) in [5.41, 5.74) is 1.75. The van der Waals surface area contributed by atoms with Crippen LogP contribution in [-0.4, -0.2) is 25.3 Å². The third-order valence-electron chi connectivity index (χ3n) is 3.34. The zero-order chi connectivity index (χ0) is 12.4. The third-order valence-corrected chi connectivity index (χ3v) is 3.34. The first-order valence-electron chi connectivity index (χ1n) is 5.80. The van der Waals surface area contributed by atoms with Crippen molar-refractivity contribution < 1.29 is 14.3 Å². The van der Waals surface area contributed by atoms with Crippen molar-refractivity contribution in [1.82, 2.24) is 0 Å². The van der Waals surface area contributed by atoms with Crippen molar-refractivity contribution in [3.63, 3.8) is 0 Å². The van der Waals surface area contributed by atoms with Crippen LogP contribution in [-0.2, 0) is 9.53 Å². The molecule has 0 radical (unpaired) electrons. The maximum Gasteiger partial charge on any atom is 0.173 e. The van der Waals surface area contributed by atoms with Gasteiger partial charge in [-0.2, -0.15) is 0 Å². The van der Waals surface area contributed by atoms with Crippen LogP contribution in [0.15, 0.2) is 24.3 Å². The van der Waals surface area contributed by atoms with Gasteiger partial charge < -0.3 is 4.74 Å². The molecule has 0 heterocycles. The Kier molecular flexibility index (Phi) is 3.38. The van der Waals surface area contributed by atoms with E-state index in [1.54, 1.807) is 6.07 Å². The van der Waals surface area contributed by atoms with Gasteiger partial charge in [-0.05, 0) is 17.9 Å². The number of methoxy groups -OCH3 is 1. The van der Waals surface area contributed by atoms with E-state index in [9.17, 15) is 9.59 Å². The van der Waals surface area contributed by atoms with Gasteiger partial charge in [0.1, 0.15) is 6.61 Å². The van der Waals surface area contributed by atoms with Gasteiger partial charge in [-0.1, -0.05) is 31.2 Å². The second-order valence-corrected chi connectivity index (χ2v) is 4.54. The second-order valence-electron chi connectivity index (χ2n) is 4.54. The summed E-state index contributed by atoms with van der Waals surface area (Å²) in [6.45, 7) is 2.07. The fourth-order valence-electron chi connectivity index (χ4n) is 2.45. The normalized spacial score (nSPS) is 23.3. The van der Waals surface area contributed by atoms with Crippen molar-refractivity contribution in [3.8, 4) is 0 Å². The molecule has 1 aliphatic rings. The Morgan fingerprint density at radius 2 is 2.12 bits per heavy atom. The van der Waals surface area contributed by atoms with Gasteiger partial charge >= 0.3 is 0 Å². The Bertz CT molecular complexity index is 451. The lowest BCUT2D eigenvalue weighted by Crippen LogP contribution is -2.33. The minimum atomic E-state index is -0.528. The van der Waals surface area contributed by atoms with E-state index in [4.69, 9.17) is 4.74 Å². The van der Waals surface area contributed by atoms with E-state index >= 15 is 0 Å².